The van der Waals surface area contributed by atoms with Gasteiger partial charge in [-0.05, 0) is 43.7 Å². The van der Waals surface area contributed by atoms with Gasteiger partial charge in [-0.1, -0.05) is 0 Å². The number of hydrogen-bond acceptors (Lipinski definition) is 4. The highest BCUT2D eigenvalue weighted by Gasteiger charge is 2.25. The van der Waals surface area contributed by atoms with Crippen molar-refractivity contribution in [2.24, 2.45) is 5.92 Å². The summed E-state index contributed by atoms with van der Waals surface area (Å²) in [6, 6.07) is 3.29. The summed E-state index contributed by atoms with van der Waals surface area (Å²) >= 11 is 0. The van der Waals surface area contributed by atoms with Crippen LogP contribution in [-0.4, -0.2) is 42.7 Å². The van der Waals surface area contributed by atoms with Crippen LogP contribution in [0.25, 0.3) is 0 Å². The Hall–Kier alpha value is -1.33. The van der Waals surface area contributed by atoms with Crippen molar-refractivity contribution in [1.82, 2.24) is 4.90 Å². The summed E-state index contributed by atoms with van der Waals surface area (Å²) < 4.78 is 10.4. The van der Waals surface area contributed by atoms with Crippen LogP contribution in [0.5, 0.6) is 0 Å². The fraction of sp³-hybridized carbons (Fsp3) is 0.667. The third-order valence-electron chi connectivity index (χ3n) is 3.80. The predicted molar refractivity (Wildman–Crippen MR) is 74.4 cm³/mol. The molecule has 1 aliphatic rings. The van der Waals surface area contributed by atoms with Gasteiger partial charge in [0.05, 0.1) is 0 Å². The molecule has 0 radical (unpaired) electrons. The van der Waals surface area contributed by atoms with Gasteiger partial charge in [0, 0.05) is 26.8 Å². The van der Waals surface area contributed by atoms with Gasteiger partial charge in [0.25, 0.3) is 5.91 Å². The summed E-state index contributed by atoms with van der Waals surface area (Å²) in [5.74, 6) is 1.24. The van der Waals surface area contributed by atoms with Crippen molar-refractivity contribution in [3.05, 3.63) is 23.7 Å². The van der Waals surface area contributed by atoms with E-state index in [0.29, 0.717) is 17.4 Å². The third-order valence-corrected chi connectivity index (χ3v) is 3.80. The number of ether oxygens (including phenoxy) is 1. The van der Waals surface area contributed by atoms with Crippen LogP contribution < -0.4 is 0 Å². The highest BCUT2D eigenvalue weighted by molar-refractivity contribution is 5.91. The molecule has 0 saturated carbocycles. The SMILES string of the molecule is COCCC[C@@H]1CCCN(C(=O)c2ccc(CO)o2)C1. The van der Waals surface area contributed by atoms with Gasteiger partial charge < -0.3 is 19.2 Å². The van der Waals surface area contributed by atoms with E-state index in [-0.39, 0.29) is 12.5 Å². The average molecular weight is 281 g/mol. The maximum absolute atomic E-state index is 12.3. The van der Waals surface area contributed by atoms with Crippen LogP contribution in [-0.2, 0) is 11.3 Å². The summed E-state index contributed by atoms with van der Waals surface area (Å²) in [5, 5.41) is 8.98. The molecule has 5 heteroatoms. The lowest BCUT2D eigenvalue weighted by atomic mass is 9.93. The molecule has 0 aliphatic carbocycles. The Morgan fingerprint density at radius 3 is 3.10 bits per heavy atom. The second-order valence-corrected chi connectivity index (χ2v) is 5.32. The van der Waals surface area contributed by atoms with Gasteiger partial charge in [0.15, 0.2) is 5.76 Å². The number of hydrogen-bond donors (Lipinski definition) is 1. The van der Waals surface area contributed by atoms with E-state index in [0.717, 1.165) is 39.0 Å². The average Bonchev–Trinajstić information content (AvgIpc) is 2.96. The Morgan fingerprint density at radius 2 is 2.40 bits per heavy atom. The van der Waals surface area contributed by atoms with Crippen LogP contribution in [0.15, 0.2) is 16.5 Å². The number of nitrogens with zero attached hydrogens (tertiary/aromatic N) is 1. The van der Waals surface area contributed by atoms with Gasteiger partial charge >= 0.3 is 0 Å². The van der Waals surface area contributed by atoms with E-state index in [9.17, 15) is 4.79 Å². The molecule has 112 valence electrons. The molecular weight excluding hydrogens is 258 g/mol. The number of methoxy groups -OCH3 is 1. The van der Waals surface area contributed by atoms with Crippen LogP contribution in [0, 0.1) is 5.92 Å². The normalized spacial score (nSPS) is 19.3. The number of amides is 1. The van der Waals surface area contributed by atoms with Crippen LogP contribution in [0.1, 0.15) is 42.0 Å². The zero-order valence-electron chi connectivity index (χ0n) is 12.0. The highest BCUT2D eigenvalue weighted by Crippen LogP contribution is 2.23. The van der Waals surface area contributed by atoms with E-state index in [1.165, 1.54) is 6.42 Å². The summed E-state index contributed by atoms with van der Waals surface area (Å²) in [5.41, 5.74) is 0. The zero-order valence-corrected chi connectivity index (χ0v) is 12.0. The molecule has 0 spiro atoms. The van der Waals surface area contributed by atoms with Crippen LogP contribution in [0.4, 0.5) is 0 Å². The Balaban J connectivity index is 1.89. The molecule has 1 N–H and O–H groups in total. The van der Waals surface area contributed by atoms with Crippen LogP contribution in [0.3, 0.4) is 0 Å². The van der Waals surface area contributed by atoms with Gasteiger partial charge in [-0.25, -0.2) is 0 Å². The molecule has 1 saturated heterocycles. The van der Waals surface area contributed by atoms with Crippen LogP contribution >= 0.6 is 0 Å². The number of carbonyl (C=O) groups excluding carboxylic acids is 1. The fourth-order valence-electron chi connectivity index (χ4n) is 2.74. The molecule has 0 unspecified atom stereocenters. The smallest absolute Gasteiger partial charge is 0.289 e. The lowest BCUT2D eigenvalue weighted by Crippen LogP contribution is -2.39. The summed E-state index contributed by atoms with van der Waals surface area (Å²) in [6.07, 6.45) is 4.35. The van der Waals surface area contributed by atoms with Gasteiger partial charge in [-0.15, -0.1) is 0 Å². The minimum Gasteiger partial charge on any atom is -0.453 e. The van der Waals surface area contributed by atoms with E-state index in [1.807, 2.05) is 4.90 Å². The zero-order chi connectivity index (χ0) is 14.4. The quantitative estimate of drug-likeness (QED) is 0.811. The molecule has 0 bridgehead atoms. The molecule has 1 atom stereocenters. The van der Waals surface area contributed by atoms with Crippen molar-refractivity contribution in [1.29, 1.82) is 0 Å². The minimum absolute atomic E-state index is 0.0684. The molecule has 1 fully saturated rings. The van der Waals surface area contributed by atoms with Crippen molar-refractivity contribution in [2.75, 3.05) is 26.8 Å². The standard InChI is InChI=1S/C15H23NO4/c1-19-9-3-5-12-4-2-8-16(10-12)15(18)14-7-6-13(11-17)20-14/h6-7,12,17H,2-5,8-11H2,1H3/t12-/m0/s1. The molecule has 1 aliphatic heterocycles. The molecule has 1 aromatic rings. The van der Waals surface area contributed by atoms with Crippen molar-refractivity contribution in [2.45, 2.75) is 32.3 Å². The predicted octanol–water partition coefficient (Wildman–Crippen LogP) is 2.05. The first kappa shape index (κ1) is 15.1. The molecule has 2 heterocycles. The summed E-state index contributed by atoms with van der Waals surface area (Å²) in [4.78, 5) is 14.2. The first-order valence-electron chi connectivity index (χ1n) is 7.22. The number of rotatable bonds is 6. The van der Waals surface area contributed by atoms with Crippen LogP contribution in [0.2, 0.25) is 0 Å². The van der Waals surface area contributed by atoms with Gasteiger partial charge in [0.2, 0.25) is 0 Å². The molecule has 0 aromatic carbocycles. The number of furan rings is 1. The number of carbonyl (C=O) groups is 1. The van der Waals surface area contributed by atoms with E-state index >= 15 is 0 Å². The first-order valence-corrected chi connectivity index (χ1v) is 7.22. The molecule has 2 rings (SSSR count). The highest BCUT2D eigenvalue weighted by atomic mass is 16.5. The third kappa shape index (κ3) is 3.84. The first-order chi connectivity index (χ1) is 9.74. The van der Waals surface area contributed by atoms with Gasteiger partial charge in [-0.2, -0.15) is 0 Å². The molecular formula is C15H23NO4. The maximum Gasteiger partial charge on any atom is 0.289 e. The Kier molecular flexibility index (Phi) is 5.61. The van der Waals surface area contributed by atoms with E-state index < -0.39 is 0 Å². The maximum atomic E-state index is 12.3. The summed E-state index contributed by atoms with van der Waals surface area (Å²) in [7, 11) is 1.71. The molecule has 5 nitrogen and oxygen atoms in total. The van der Waals surface area contributed by atoms with E-state index in [2.05, 4.69) is 0 Å². The topological polar surface area (TPSA) is 62.9 Å². The Bertz CT molecular complexity index is 429. The van der Waals surface area contributed by atoms with E-state index in [4.69, 9.17) is 14.3 Å². The van der Waals surface area contributed by atoms with Gasteiger partial charge in [-0.3, -0.25) is 4.79 Å². The number of aliphatic hydroxyl groups is 1. The Labute approximate surface area is 119 Å². The lowest BCUT2D eigenvalue weighted by molar-refractivity contribution is 0.0624. The fourth-order valence-corrected chi connectivity index (χ4v) is 2.74. The monoisotopic (exact) mass is 281 g/mol. The molecule has 20 heavy (non-hydrogen) atoms. The number of piperidine rings is 1. The Morgan fingerprint density at radius 1 is 1.55 bits per heavy atom. The number of likely N-dealkylation sites (tertiary alicyclic amines) is 1. The number of aliphatic hydroxyl groups excluding tert-OH is 1. The molecule has 1 amide bonds. The minimum atomic E-state index is -0.174. The summed E-state index contributed by atoms with van der Waals surface area (Å²) in [6.45, 7) is 2.18. The molecule has 1 aromatic heterocycles. The lowest BCUT2D eigenvalue weighted by Gasteiger charge is -2.32. The van der Waals surface area contributed by atoms with Crippen molar-refractivity contribution >= 4 is 5.91 Å². The van der Waals surface area contributed by atoms with E-state index in [1.54, 1.807) is 19.2 Å². The van der Waals surface area contributed by atoms with Crippen molar-refractivity contribution in [3.8, 4) is 0 Å². The second-order valence-electron chi connectivity index (χ2n) is 5.32. The largest absolute Gasteiger partial charge is 0.453 e. The van der Waals surface area contributed by atoms with Gasteiger partial charge in [0.1, 0.15) is 12.4 Å². The van der Waals surface area contributed by atoms with Crippen molar-refractivity contribution < 1.29 is 19.1 Å². The second kappa shape index (κ2) is 7.45. The van der Waals surface area contributed by atoms with Crippen molar-refractivity contribution in [3.63, 3.8) is 0 Å².